The molecule has 1 rings (SSSR count). The fourth-order valence-electron chi connectivity index (χ4n) is 1.16. The van der Waals surface area contributed by atoms with Crippen LogP contribution in [-0.2, 0) is 13.5 Å². The van der Waals surface area contributed by atoms with Crippen LogP contribution in [0.2, 0.25) is 0 Å². The molecule has 1 atom stereocenters. The average Bonchev–Trinajstić information content (AvgIpc) is 2.09. The van der Waals surface area contributed by atoms with E-state index < -0.39 is 0 Å². The van der Waals surface area contributed by atoms with E-state index in [1.54, 1.807) is 0 Å². The largest absolute Gasteiger partial charge is 0.328 e. The number of hydrogen-bond donors (Lipinski definition) is 1. The van der Waals surface area contributed by atoms with Gasteiger partial charge in [-0.3, -0.25) is 4.68 Å². The fourth-order valence-corrected chi connectivity index (χ4v) is 1.16. The summed E-state index contributed by atoms with van der Waals surface area (Å²) < 4.78 is 1.83. The molecule has 1 aromatic heterocycles. The molecule has 1 unspecified atom stereocenters. The molecule has 62 valence electrons. The summed E-state index contributed by atoms with van der Waals surface area (Å²) in [5, 5.41) is 4.29. The Morgan fingerprint density at radius 2 is 2.36 bits per heavy atom. The van der Waals surface area contributed by atoms with Gasteiger partial charge in [-0.05, 0) is 19.4 Å². The van der Waals surface area contributed by atoms with Crippen LogP contribution < -0.4 is 5.73 Å². The van der Waals surface area contributed by atoms with Gasteiger partial charge in [0.2, 0.25) is 0 Å². The maximum atomic E-state index is 5.65. The maximum absolute atomic E-state index is 5.65. The molecule has 0 saturated carbocycles. The van der Waals surface area contributed by atoms with Crippen LogP contribution in [0.25, 0.3) is 0 Å². The summed E-state index contributed by atoms with van der Waals surface area (Å²) in [4.78, 5) is 0. The molecular weight excluding hydrogens is 138 g/mol. The van der Waals surface area contributed by atoms with E-state index in [1.807, 2.05) is 24.9 Å². The molecule has 1 aromatic rings. The van der Waals surface area contributed by atoms with E-state index in [4.69, 9.17) is 5.73 Å². The molecule has 0 saturated heterocycles. The molecule has 0 bridgehead atoms. The molecule has 11 heavy (non-hydrogen) atoms. The molecule has 2 N–H and O–H groups in total. The number of nitrogens with two attached hydrogens (primary N) is 1. The first-order valence-electron chi connectivity index (χ1n) is 3.84. The van der Waals surface area contributed by atoms with E-state index in [1.165, 1.54) is 5.56 Å². The maximum Gasteiger partial charge on any atom is 0.0668 e. The Balaban J connectivity index is 2.77. The number of nitrogens with zero attached hydrogens (tertiary/aromatic N) is 2. The summed E-state index contributed by atoms with van der Waals surface area (Å²) in [6.45, 7) is 4.05. The second-order valence-corrected chi connectivity index (χ2v) is 3.11. The predicted octanol–water partition coefficient (Wildman–Crippen LogP) is 0.618. The number of aryl methyl sites for hydroxylation is 2. The van der Waals surface area contributed by atoms with Gasteiger partial charge in [0.1, 0.15) is 0 Å². The van der Waals surface area contributed by atoms with E-state index in [0.717, 1.165) is 12.1 Å². The van der Waals surface area contributed by atoms with Crippen molar-refractivity contribution in [3.05, 3.63) is 17.5 Å². The summed E-state index contributed by atoms with van der Waals surface area (Å²) in [6, 6.07) is 0.198. The molecular formula is C8H15N3. The topological polar surface area (TPSA) is 43.8 Å². The van der Waals surface area contributed by atoms with Crippen LogP contribution in [0.15, 0.2) is 6.20 Å². The summed E-state index contributed by atoms with van der Waals surface area (Å²) >= 11 is 0. The quantitative estimate of drug-likeness (QED) is 0.676. The van der Waals surface area contributed by atoms with Crippen LogP contribution in [0.4, 0.5) is 0 Å². The number of rotatable bonds is 2. The Morgan fingerprint density at radius 1 is 1.73 bits per heavy atom. The van der Waals surface area contributed by atoms with Crippen molar-refractivity contribution in [3.63, 3.8) is 0 Å². The highest BCUT2D eigenvalue weighted by Gasteiger charge is 2.04. The lowest BCUT2D eigenvalue weighted by Gasteiger charge is -2.01. The van der Waals surface area contributed by atoms with Gasteiger partial charge in [0.25, 0.3) is 0 Å². The van der Waals surface area contributed by atoms with Crippen LogP contribution in [0.5, 0.6) is 0 Å². The second-order valence-electron chi connectivity index (χ2n) is 3.11. The second kappa shape index (κ2) is 3.05. The van der Waals surface area contributed by atoms with Crippen molar-refractivity contribution in [3.8, 4) is 0 Å². The van der Waals surface area contributed by atoms with Gasteiger partial charge in [0.05, 0.1) is 5.69 Å². The predicted molar refractivity (Wildman–Crippen MR) is 45.3 cm³/mol. The van der Waals surface area contributed by atoms with Gasteiger partial charge in [0.15, 0.2) is 0 Å². The van der Waals surface area contributed by atoms with Crippen molar-refractivity contribution in [2.75, 3.05) is 0 Å². The lowest BCUT2D eigenvalue weighted by molar-refractivity contribution is 0.684. The van der Waals surface area contributed by atoms with Crippen LogP contribution in [-0.4, -0.2) is 15.8 Å². The molecule has 3 nitrogen and oxygen atoms in total. The van der Waals surface area contributed by atoms with Crippen molar-refractivity contribution < 1.29 is 0 Å². The lowest BCUT2D eigenvalue weighted by atomic mass is 10.1. The van der Waals surface area contributed by atoms with E-state index >= 15 is 0 Å². The molecule has 0 spiro atoms. The Hall–Kier alpha value is -0.830. The van der Waals surface area contributed by atoms with Crippen molar-refractivity contribution in [2.24, 2.45) is 12.8 Å². The van der Waals surface area contributed by atoms with Gasteiger partial charge in [0, 0.05) is 25.7 Å². The van der Waals surface area contributed by atoms with Crippen molar-refractivity contribution in [1.82, 2.24) is 9.78 Å². The molecule has 0 aliphatic carbocycles. The van der Waals surface area contributed by atoms with Gasteiger partial charge in [-0.2, -0.15) is 5.10 Å². The van der Waals surface area contributed by atoms with Crippen LogP contribution in [0.1, 0.15) is 18.2 Å². The first-order valence-corrected chi connectivity index (χ1v) is 3.84. The van der Waals surface area contributed by atoms with E-state index in [2.05, 4.69) is 12.0 Å². The normalized spacial score (nSPS) is 13.5. The van der Waals surface area contributed by atoms with Crippen molar-refractivity contribution >= 4 is 0 Å². The van der Waals surface area contributed by atoms with Crippen molar-refractivity contribution in [1.29, 1.82) is 0 Å². The molecule has 0 aliphatic rings. The Labute approximate surface area is 67.2 Å². The summed E-state index contributed by atoms with van der Waals surface area (Å²) in [5.74, 6) is 0. The minimum absolute atomic E-state index is 0.198. The minimum atomic E-state index is 0.198. The number of hydrogen-bond acceptors (Lipinski definition) is 2. The van der Waals surface area contributed by atoms with E-state index in [9.17, 15) is 0 Å². The smallest absolute Gasteiger partial charge is 0.0668 e. The van der Waals surface area contributed by atoms with Gasteiger partial charge < -0.3 is 5.73 Å². The SMILES string of the molecule is Cc1cn(C)nc1CC(C)N. The average molecular weight is 153 g/mol. The van der Waals surface area contributed by atoms with Gasteiger partial charge in [-0.1, -0.05) is 0 Å². The highest BCUT2D eigenvalue weighted by Crippen LogP contribution is 2.05. The summed E-state index contributed by atoms with van der Waals surface area (Å²) in [7, 11) is 1.93. The summed E-state index contributed by atoms with van der Waals surface area (Å²) in [6.07, 6.45) is 2.88. The Kier molecular flexibility index (Phi) is 2.29. The van der Waals surface area contributed by atoms with Crippen molar-refractivity contribution in [2.45, 2.75) is 26.3 Å². The molecule has 0 aromatic carbocycles. The molecule has 0 radical (unpaired) electrons. The van der Waals surface area contributed by atoms with Gasteiger partial charge in [-0.25, -0.2) is 0 Å². The fraction of sp³-hybridized carbons (Fsp3) is 0.625. The highest BCUT2D eigenvalue weighted by molar-refractivity contribution is 5.15. The molecule has 0 aliphatic heterocycles. The monoisotopic (exact) mass is 153 g/mol. The first-order chi connectivity index (χ1) is 5.09. The molecule has 0 amide bonds. The standard InChI is InChI=1S/C8H15N3/c1-6-5-11(3)10-8(6)4-7(2)9/h5,7H,4,9H2,1-3H3. The Morgan fingerprint density at radius 3 is 2.73 bits per heavy atom. The van der Waals surface area contributed by atoms with Crippen LogP contribution >= 0.6 is 0 Å². The first kappa shape index (κ1) is 8.27. The van der Waals surface area contributed by atoms with Gasteiger partial charge in [-0.15, -0.1) is 0 Å². The van der Waals surface area contributed by atoms with Gasteiger partial charge >= 0.3 is 0 Å². The lowest BCUT2D eigenvalue weighted by Crippen LogP contribution is -2.18. The molecule has 3 heteroatoms. The summed E-state index contributed by atoms with van der Waals surface area (Å²) in [5.41, 5.74) is 7.99. The van der Waals surface area contributed by atoms with E-state index in [-0.39, 0.29) is 6.04 Å². The third-order valence-corrected chi connectivity index (χ3v) is 1.63. The molecule has 0 fully saturated rings. The Bertz CT molecular complexity index is 237. The number of aromatic nitrogens is 2. The zero-order valence-corrected chi connectivity index (χ0v) is 7.33. The zero-order chi connectivity index (χ0) is 8.43. The third-order valence-electron chi connectivity index (χ3n) is 1.63. The van der Waals surface area contributed by atoms with Crippen LogP contribution in [0, 0.1) is 6.92 Å². The third kappa shape index (κ3) is 2.05. The minimum Gasteiger partial charge on any atom is -0.328 e. The molecule has 1 heterocycles. The van der Waals surface area contributed by atoms with E-state index in [0.29, 0.717) is 0 Å². The highest BCUT2D eigenvalue weighted by atomic mass is 15.2. The zero-order valence-electron chi connectivity index (χ0n) is 7.33. The van der Waals surface area contributed by atoms with Crippen LogP contribution in [0.3, 0.4) is 0 Å².